The second kappa shape index (κ2) is 12.4. The third-order valence-corrected chi connectivity index (χ3v) is 6.94. The lowest BCUT2D eigenvalue weighted by Gasteiger charge is -2.40. The van der Waals surface area contributed by atoms with Crippen LogP contribution < -0.4 is 4.74 Å². The van der Waals surface area contributed by atoms with Crippen LogP contribution in [-0.2, 0) is 5.60 Å². The molecule has 4 heteroatoms. The number of nitrogens with zero attached hydrogens (tertiary/aromatic N) is 1. The largest absolute Gasteiger partial charge is 0.494 e. The van der Waals surface area contributed by atoms with Crippen molar-refractivity contribution in [2.45, 2.75) is 51.0 Å². The summed E-state index contributed by atoms with van der Waals surface area (Å²) in [5.41, 5.74) is 3.03. The summed E-state index contributed by atoms with van der Waals surface area (Å²) >= 11 is 0. The van der Waals surface area contributed by atoms with Crippen LogP contribution in [0.3, 0.4) is 0 Å². The molecule has 0 saturated carbocycles. The van der Waals surface area contributed by atoms with Gasteiger partial charge in [0.15, 0.2) is 0 Å². The second-order valence-electron chi connectivity index (χ2n) is 9.27. The Morgan fingerprint density at radius 2 is 1.38 bits per heavy atom. The van der Waals surface area contributed by atoms with Gasteiger partial charge in [-0.15, -0.1) is 12.4 Å². The molecule has 0 aromatic heterocycles. The van der Waals surface area contributed by atoms with Gasteiger partial charge in [-0.05, 0) is 68.6 Å². The minimum absolute atomic E-state index is 0. The molecule has 0 radical (unpaired) electrons. The molecule has 0 aliphatic carbocycles. The molecule has 4 rings (SSSR count). The van der Waals surface area contributed by atoms with Gasteiger partial charge in [0.25, 0.3) is 0 Å². The van der Waals surface area contributed by atoms with E-state index in [1.165, 1.54) is 36.8 Å². The maximum atomic E-state index is 12.7. The molecular formula is C30H38ClNO2. The predicted octanol–water partition coefficient (Wildman–Crippen LogP) is 6.71. The van der Waals surface area contributed by atoms with E-state index in [4.69, 9.17) is 4.74 Å². The van der Waals surface area contributed by atoms with E-state index < -0.39 is 5.60 Å². The summed E-state index contributed by atoms with van der Waals surface area (Å²) < 4.78 is 5.69. The number of benzene rings is 3. The third kappa shape index (κ3) is 6.02. The molecule has 1 saturated heterocycles. The second-order valence-corrected chi connectivity index (χ2v) is 9.27. The van der Waals surface area contributed by atoms with Gasteiger partial charge in [0.1, 0.15) is 11.4 Å². The van der Waals surface area contributed by atoms with E-state index in [1.807, 2.05) is 37.3 Å². The minimum Gasteiger partial charge on any atom is -0.494 e. The van der Waals surface area contributed by atoms with Gasteiger partial charge in [0, 0.05) is 12.5 Å². The van der Waals surface area contributed by atoms with Crippen molar-refractivity contribution in [3.63, 3.8) is 0 Å². The van der Waals surface area contributed by atoms with E-state index in [0.29, 0.717) is 6.61 Å². The molecule has 182 valence electrons. The number of likely N-dealkylation sites (tertiary alicyclic amines) is 1. The first kappa shape index (κ1) is 26.3. The molecule has 3 aromatic carbocycles. The monoisotopic (exact) mass is 479 g/mol. The predicted molar refractivity (Wildman–Crippen MR) is 143 cm³/mol. The van der Waals surface area contributed by atoms with E-state index in [2.05, 4.69) is 60.4 Å². The first-order valence-electron chi connectivity index (χ1n) is 12.4. The maximum absolute atomic E-state index is 12.7. The summed E-state index contributed by atoms with van der Waals surface area (Å²) in [4.78, 5) is 2.55. The molecule has 3 aromatic rings. The SMILES string of the molecule is CCOc1ccc(C(O)(c2ccc(C)cc2)C(CN2CCCCCC2)c2ccccc2)cc1.Cl. The molecular weight excluding hydrogens is 442 g/mol. The van der Waals surface area contributed by atoms with Crippen molar-refractivity contribution in [1.82, 2.24) is 4.90 Å². The number of halogens is 1. The minimum atomic E-state index is -1.16. The van der Waals surface area contributed by atoms with Crippen LogP contribution >= 0.6 is 12.4 Å². The molecule has 3 nitrogen and oxygen atoms in total. The van der Waals surface area contributed by atoms with Crippen molar-refractivity contribution < 1.29 is 9.84 Å². The van der Waals surface area contributed by atoms with Gasteiger partial charge >= 0.3 is 0 Å². The Morgan fingerprint density at radius 1 is 0.824 bits per heavy atom. The molecule has 0 amide bonds. The Balaban J connectivity index is 0.00000324. The number of hydrogen-bond donors (Lipinski definition) is 1. The van der Waals surface area contributed by atoms with Crippen LogP contribution in [-0.4, -0.2) is 36.2 Å². The fraction of sp³-hybridized carbons (Fsp3) is 0.400. The van der Waals surface area contributed by atoms with Crippen molar-refractivity contribution >= 4 is 12.4 Å². The molecule has 1 N–H and O–H groups in total. The number of aryl methyl sites for hydroxylation is 1. The lowest BCUT2D eigenvalue weighted by atomic mass is 9.72. The summed E-state index contributed by atoms with van der Waals surface area (Å²) in [6.45, 7) is 7.72. The van der Waals surface area contributed by atoms with E-state index in [-0.39, 0.29) is 18.3 Å². The van der Waals surface area contributed by atoms with Gasteiger partial charge in [0.05, 0.1) is 6.61 Å². The molecule has 0 bridgehead atoms. The summed E-state index contributed by atoms with van der Waals surface area (Å²) in [5, 5.41) is 12.7. The van der Waals surface area contributed by atoms with Crippen molar-refractivity contribution in [3.8, 4) is 5.75 Å². The molecule has 0 spiro atoms. The standard InChI is InChI=1S/C30H37NO2.ClH/c1-3-33-28-19-17-27(18-20-28)30(32,26-15-13-24(2)14-16-26)29(25-11-7-6-8-12-25)23-31-21-9-4-5-10-22-31;/h6-8,11-20,29,32H,3-5,9-10,21-23H2,1-2H3;1H. The maximum Gasteiger partial charge on any atom is 0.123 e. The fourth-order valence-corrected chi connectivity index (χ4v) is 5.09. The lowest BCUT2D eigenvalue weighted by molar-refractivity contribution is 0.0340. The smallest absolute Gasteiger partial charge is 0.123 e. The number of rotatable bonds is 8. The topological polar surface area (TPSA) is 32.7 Å². The van der Waals surface area contributed by atoms with Crippen LogP contribution in [0, 0.1) is 6.92 Å². The molecule has 1 fully saturated rings. The van der Waals surface area contributed by atoms with E-state index in [1.54, 1.807) is 0 Å². The van der Waals surface area contributed by atoms with Crippen LogP contribution in [0.1, 0.15) is 60.8 Å². The zero-order valence-corrected chi connectivity index (χ0v) is 21.3. The normalized spacial score (nSPS) is 17.1. The van der Waals surface area contributed by atoms with Gasteiger partial charge in [-0.2, -0.15) is 0 Å². The zero-order valence-electron chi connectivity index (χ0n) is 20.5. The Bertz CT molecular complexity index is 983. The van der Waals surface area contributed by atoms with Crippen LogP contribution in [0.25, 0.3) is 0 Å². The lowest BCUT2D eigenvalue weighted by Crippen LogP contribution is -2.42. The van der Waals surface area contributed by atoms with E-state index in [9.17, 15) is 5.11 Å². The Labute approximate surface area is 211 Å². The van der Waals surface area contributed by atoms with Crippen LogP contribution in [0.5, 0.6) is 5.75 Å². The van der Waals surface area contributed by atoms with Crippen molar-refractivity contribution in [1.29, 1.82) is 0 Å². The van der Waals surface area contributed by atoms with Crippen molar-refractivity contribution in [2.75, 3.05) is 26.2 Å². The number of ether oxygens (including phenoxy) is 1. The Morgan fingerprint density at radius 3 is 1.94 bits per heavy atom. The molecule has 1 heterocycles. The van der Waals surface area contributed by atoms with Gasteiger partial charge in [0.2, 0.25) is 0 Å². The fourth-order valence-electron chi connectivity index (χ4n) is 5.09. The summed E-state index contributed by atoms with van der Waals surface area (Å²) in [5.74, 6) is 0.730. The quantitative estimate of drug-likeness (QED) is 0.389. The Hall–Kier alpha value is -2.33. The third-order valence-electron chi connectivity index (χ3n) is 6.94. The van der Waals surface area contributed by atoms with Crippen LogP contribution in [0.15, 0.2) is 78.9 Å². The van der Waals surface area contributed by atoms with Crippen molar-refractivity contribution in [2.24, 2.45) is 0 Å². The van der Waals surface area contributed by atoms with Gasteiger partial charge in [-0.1, -0.05) is 85.1 Å². The van der Waals surface area contributed by atoms with E-state index >= 15 is 0 Å². The Kier molecular flexibility index (Phi) is 9.58. The highest BCUT2D eigenvalue weighted by atomic mass is 35.5. The average molecular weight is 480 g/mol. The molecule has 2 unspecified atom stereocenters. The zero-order chi connectivity index (χ0) is 23.1. The van der Waals surface area contributed by atoms with Crippen LogP contribution in [0.2, 0.25) is 0 Å². The van der Waals surface area contributed by atoms with Crippen molar-refractivity contribution in [3.05, 3.63) is 101 Å². The summed E-state index contributed by atoms with van der Waals surface area (Å²) in [6.07, 6.45) is 5.06. The highest BCUT2D eigenvalue weighted by Gasteiger charge is 2.42. The molecule has 34 heavy (non-hydrogen) atoms. The van der Waals surface area contributed by atoms with Gasteiger partial charge in [-0.25, -0.2) is 0 Å². The highest BCUT2D eigenvalue weighted by Crippen LogP contribution is 2.44. The molecule has 1 aliphatic rings. The first-order chi connectivity index (χ1) is 16.1. The molecule has 2 atom stereocenters. The van der Waals surface area contributed by atoms with Gasteiger partial charge < -0.3 is 14.7 Å². The average Bonchev–Trinajstić information content (AvgIpc) is 3.12. The number of aliphatic hydroxyl groups is 1. The summed E-state index contributed by atoms with van der Waals surface area (Å²) in [7, 11) is 0. The summed E-state index contributed by atoms with van der Waals surface area (Å²) in [6, 6.07) is 26.9. The van der Waals surface area contributed by atoms with Crippen LogP contribution in [0.4, 0.5) is 0 Å². The molecule has 1 aliphatic heterocycles. The first-order valence-corrected chi connectivity index (χ1v) is 12.4. The van der Waals surface area contributed by atoms with Gasteiger partial charge in [-0.3, -0.25) is 0 Å². The van der Waals surface area contributed by atoms with E-state index in [0.717, 1.165) is 36.5 Å². The number of hydrogen-bond acceptors (Lipinski definition) is 3. The highest BCUT2D eigenvalue weighted by molar-refractivity contribution is 5.85.